The highest BCUT2D eigenvalue weighted by Crippen LogP contribution is 2.27. The van der Waals surface area contributed by atoms with Gasteiger partial charge in [-0.1, -0.05) is 28.1 Å². The first kappa shape index (κ1) is 9.49. The van der Waals surface area contributed by atoms with E-state index in [9.17, 15) is 0 Å². The minimum absolute atomic E-state index is 1.07. The third-order valence-corrected chi connectivity index (χ3v) is 3.57. The van der Waals surface area contributed by atoms with Gasteiger partial charge in [-0.25, -0.2) is 0 Å². The van der Waals surface area contributed by atoms with Crippen molar-refractivity contribution in [2.75, 3.05) is 0 Å². The highest BCUT2D eigenvalue weighted by Gasteiger charge is 1.98. The Labute approximate surface area is 91.1 Å². The average Bonchev–Trinajstić information content (AvgIpc) is 1.99. The summed E-state index contributed by atoms with van der Waals surface area (Å²) in [5.41, 5.74) is 1.15. The van der Waals surface area contributed by atoms with Crippen LogP contribution in [0.3, 0.4) is 0 Å². The molecule has 58 valence electrons. The summed E-state index contributed by atoms with van der Waals surface area (Å²) in [4.78, 5) is 1.83. The van der Waals surface area contributed by atoms with Crippen LogP contribution in [0.2, 0.25) is 0 Å². The molecule has 0 atom stereocenters. The van der Waals surface area contributed by atoms with Crippen LogP contribution in [0.25, 0.3) is 6.08 Å². The van der Waals surface area contributed by atoms with Crippen LogP contribution in [0.1, 0.15) is 5.56 Å². The second-order valence-electron chi connectivity index (χ2n) is 1.94. The summed E-state index contributed by atoms with van der Waals surface area (Å²) < 4.78 is 2.15. The molecule has 0 heterocycles. The van der Waals surface area contributed by atoms with Crippen LogP contribution >= 0.6 is 47.8 Å². The van der Waals surface area contributed by atoms with Crippen molar-refractivity contribution in [3.05, 3.63) is 37.7 Å². The van der Waals surface area contributed by atoms with Crippen molar-refractivity contribution < 1.29 is 0 Å². The lowest BCUT2D eigenvalue weighted by Crippen LogP contribution is -1.75. The standard InChI is InChI=1S/C8H5Br3/c9-5-4-6-2-1-3-7(10)8(6)11/h1-5H. The van der Waals surface area contributed by atoms with E-state index in [0.717, 1.165) is 14.5 Å². The zero-order valence-electron chi connectivity index (χ0n) is 5.52. The van der Waals surface area contributed by atoms with Crippen molar-refractivity contribution in [3.8, 4) is 0 Å². The van der Waals surface area contributed by atoms with Crippen LogP contribution in [0.5, 0.6) is 0 Å². The van der Waals surface area contributed by atoms with Crippen LogP contribution < -0.4 is 0 Å². The molecule has 0 aliphatic carbocycles. The Morgan fingerprint density at radius 3 is 2.55 bits per heavy atom. The van der Waals surface area contributed by atoms with Crippen molar-refractivity contribution in [3.63, 3.8) is 0 Å². The van der Waals surface area contributed by atoms with Gasteiger partial charge in [0.25, 0.3) is 0 Å². The van der Waals surface area contributed by atoms with Crippen molar-refractivity contribution >= 4 is 53.9 Å². The predicted octanol–water partition coefficient (Wildman–Crippen LogP) is 4.58. The molecule has 0 unspecified atom stereocenters. The minimum atomic E-state index is 1.07. The smallest absolute Gasteiger partial charge is 0.0390 e. The van der Waals surface area contributed by atoms with E-state index in [-0.39, 0.29) is 0 Å². The summed E-state index contributed by atoms with van der Waals surface area (Å²) >= 11 is 10.1. The van der Waals surface area contributed by atoms with Gasteiger partial charge in [-0.2, -0.15) is 0 Å². The first-order valence-corrected chi connectivity index (χ1v) is 5.46. The van der Waals surface area contributed by atoms with Gasteiger partial charge < -0.3 is 0 Å². The molecular weight excluding hydrogens is 336 g/mol. The topological polar surface area (TPSA) is 0 Å². The fourth-order valence-electron chi connectivity index (χ4n) is 0.717. The van der Waals surface area contributed by atoms with Crippen molar-refractivity contribution in [1.29, 1.82) is 0 Å². The summed E-state index contributed by atoms with van der Waals surface area (Å²) in [5.74, 6) is 0. The molecule has 1 aromatic carbocycles. The van der Waals surface area contributed by atoms with E-state index in [1.165, 1.54) is 0 Å². The second kappa shape index (κ2) is 4.43. The zero-order chi connectivity index (χ0) is 8.27. The normalized spacial score (nSPS) is 10.8. The van der Waals surface area contributed by atoms with Crippen LogP contribution in [0, 0.1) is 0 Å². The van der Waals surface area contributed by atoms with Gasteiger partial charge in [-0.15, -0.1) is 0 Å². The molecule has 0 aromatic heterocycles. The van der Waals surface area contributed by atoms with Crippen molar-refractivity contribution in [1.82, 2.24) is 0 Å². The van der Waals surface area contributed by atoms with Gasteiger partial charge in [-0.3, -0.25) is 0 Å². The molecule has 1 aromatic rings. The van der Waals surface area contributed by atoms with Crippen LogP contribution in [-0.2, 0) is 0 Å². The lowest BCUT2D eigenvalue weighted by atomic mass is 10.2. The Morgan fingerprint density at radius 2 is 1.91 bits per heavy atom. The van der Waals surface area contributed by atoms with Gasteiger partial charge >= 0.3 is 0 Å². The van der Waals surface area contributed by atoms with E-state index < -0.39 is 0 Å². The first-order chi connectivity index (χ1) is 5.25. The van der Waals surface area contributed by atoms with E-state index in [4.69, 9.17) is 0 Å². The lowest BCUT2D eigenvalue weighted by molar-refractivity contribution is 1.55. The number of hydrogen-bond acceptors (Lipinski definition) is 0. The van der Waals surface area contributed by atoms with Crippen molar-refractivity contribution in [2.45, 2.75) is 0 Å². The molecule has 0 amide bonds. The molecule has 0 N–H and O–H groups in total. The Morgan fingerprint density at radius 1 is 1.18 bits per heavy atom. The molecule has 1 rings (SSSR count). The predicted molar refractivity (Wildman–Crippen MR) is 59.8 cm³/mol. The molecule has 11 heavy (non-hydrogen) atoms. The summed E-state index contributed by atoms with van der Waals surface area (Å²) in [6.07, 6.45) is 1.98. The molecular formula is C8H5Br3. The van der Waals surface area contributed by atoms with Gasteiger partial charge in [0.15, 0.2) is 0 Å². The van der Waals surface area contributed by atoms with E-state index in [0.29, 0.717) is 0 Å². The Kier molecular flexibility index (Phi) is 3.82. The zero-order valence-corrected chi connectivity index (χ0v) is 10.3. The molecule has 0 bridgehead atoms. The van der Waals surface area contributed by atoms with Gasteiger partial charge in [0.05, 0.1) is 0 Å². The van der Waals surface area contributed by atoms with E-state index in [1.54, 1.807) is 0 Å². The van der Waals surface area contributed by atoms with Gasteiger partial charge in [-0.05, 0) is 54.6 Å². The molecule has 3 heteroatoms. The number of hydrogen-bond donors (Lipinski definition) is 0. The fourth-order valence-corrected chi connectivity index (χ4v) is 1.78. The maximum absolute atomic E-state index is 3.46. The average molecular weight is 341 g/mol. The molecule has 0 saturated heterocycles. The first-order valence-electron chi connectivity index (χ1n) is 2.96. The quantitative estimate of drug-likeness (QED) is 0.702. The summed E-state index contributed by atoms with van der Waals surface area (Å²) in [7, 11) is 0. The monoisotopic (exact) mass is 338 g/mol. The van der Waals surface area contributed by atoms with Gasteiger partial charge in [0.1, 0.15) is 0 Å². The summed E-state index contributed by atoms with van der Waals surface area (Å²) in [6.45, 7) is 0. The molecule has 0 nitrogen and oxygen atoms in total. The maximum atomic E-state index is 3.46. The largest absolute Gasteiger partial charge is 0.0605 e. The minimum Gasteiger partial charge on any atom is -0.0605 e. The van der Waals surface area contributed by atoms with Crippen LogP contribution in [0.4, 0.5) is 0 Å². The maximum Gasteiger partial charge on any atom is 0.0390 e. The molecule has 0 aliphatic rings. The van der Waals surface area contributed by atoms with Crippen LogP contribution in [0.15, 0.2) is 32.1 Å². The van der Waals surface area contributed by atoms with E-state index >= 15 is 0 Å². The Hall–Kier alpha value is 0.400. The van der Waals surface area contributed by atoms with Crippen molar-refractivity contribution in [2.24, 2.45) is 0 Å². The summed E-state index contributed by atoms with van der Waals surface area (Å²) in [6, 6.07) is 6.03. The van der Waals surface area contributed by atoms with E-state index in [1.807, 2.05) is 29.3 Å². The number of halogens is 3. The number of rotatable bonds is 1. The molecule has 0 fully saturated rings. The van der Waals surface area contributed by atoms with Gasteiger partial charge in [0.2, 0.25) is 0 Å². The van der Waals surface area contributed by atoms with E-state index in [2.05, 4.69) is 47.8 Å². The highest BCUT2D eigenvalue weighted by atomic mass is 79.9. The Balaban J connectivity index is 3.16. The molecule has 0 aliphatic heterocycles. The number of benzene rings is 1. The molecule has 0 spiro atoms. The molecule has 0 radical (unpaired) electrons. The third-order valence-electron chi connectivity index (χ3n) is 1.22. The second-order valence-corrected chi connectivity index (χ2v) is 4.11. The van der Waals surface area contributed by atoms with Crippen LogP contribution in [-0.4, -0.2) is 0 Å². The van der Waals surface area contributed by atoms with Gasteiger partial charge in [0, 0.05) is 8.95 Å². The summed E-state index contributed by atoms with van der Waals surface area (Å²) in [5, 5.41) is 0. The SMILES string of the molecule is BrC=Cc1cccc(Br)c1Br. The molecule has 0 saturated carbocycles. The third kappa shape index (κ3) is 2.42. The lowest BCUT2D eigenvalue weighted by Gasteiger charge is -1.98. The Bertz CT molecular complexity index is 279. The highest BCUT2D eigenvalue weighted by molar-refractivity contribution is 9.13. The fraction of sp³-hybridized carbons (Fsp3) is 0.